The number of allylic oxidation sites excluding steroid dienone is 4. The zero-order valence-corrected chi connectivity index (χ0v) is 27.6. The molecule has 0 aliphatic heterocycles. The minimum absolute atomic E-state index is 0.0593. The number of carbonyl (C=O) groups is 3. The van der Waals surface area contributed by atoms with E-state index in [0.29, 0.717) is 32.2 Å². The highest BCUT2D eigenvalue weighted by molar-refractivity contribution is 5.70. The first kappa shape index (κ1) is 40.8. The number of esters is 2. The molecule has 43 heavy (non-hydrogen) atoms. The van der Waals surface area contributed by atoms with Crippen LogP contribution in [0, 0.1) is 5.92 Å². The third-order valence-corrected chi connectivity index (χ3v) is 7.45. The molecule has 4 unspecified atom stereocenters. The Balaban J connectivity index is 4.19. The Hall–Kier alpha value is -2.19. The zero-order chi connectivity index (χ0) is 32.0. The van der Waals surface area contributed by atoms with Gasteiger partial charge in [-0.1, -0.05) is 83.6 Å². The van der Waals surface area contributed by atoms with E-state index in [0.717, 1.165) is 57.8 Å². The molecule has 0 bridgehead atoms. The summed E-state index contributed by atoms with van der Waals surface area (Å²) in [5.41, 5.74) is 0. The molecule has 0 spiro atoms. The number of unbranched alkanes of at least 4 members (excludes halogenated alkanes) is 9. The van der Waals surface area contributed by atoms with Crippen molar-refractivity contribution < 1.29 is 38.4 Å². The van der Waals surface area contributed by atoms with Gasteiger partial charge in [0.25, 0.3) is 6.47 Å². The normalized spacial score (nSPS) is 14.4. The molecule has 0 aromatic heterocycles. The minimum atomic E-state index is -1.03. The van der Waals surface area contributed by atoms with Gasteiger partial charge in [-0.25, -0.2) is 0 Å². The average molecular weight is 611 g/mol. The van der Waals surface area contributed by atoms with Gasteiger partial charge in [0.1, 0.15) is 12.7 Å². The van der Waals surface area contributed by atoms with Crippen molar-refractivity contribution in [2.45, 2.75) is 162 Å². The van der Waals surface area contributed by atoms with Crippen LogP contribution in [0.4, 0.5) is 0 Å². The fraction of sp³-hybridized carbons (Fsp3) is 0.800. The van der Waals surface area contributed by atoms with E-state index in [2.05, 4.69) is 31.2 Å². The Labute approximate surface area is 262 Å². The van der Waals surface area contributed by atoms with Gasteiger partial charge in [-0.2, -0.15) is 0 Å². The van der Waals surface area contributed by atoms with E-state index in [1.807, 2.05) is 20.8 Å². The molecule has 0 aliphatic rings. The molecule has 0 amide bonds. The monoisotopic (exact) mass is 610 g/mol. The first-order valence-corrected chi connectivity index (χ1v) is 16.9. The van der Waals surface area contributed by atoms with Crippen molar-refractivity contribution in [3.05, 3.63) is 24.3 Å². The molecule has 4 atom stereocenters. The summed E-state index contributed by atoms with van der Waals surface area (Å²) in [4.78, 5) is 34.9. The van der Waals surface area contributed by atoms with Crippen molar-refractivity contribution in [3.8, 4) is 0 Å². The Bertz CT molecular complexity index is 735. The second-order valence-corrected chi connectivity index (χ2v) is 11.5. The standard InChI is InChI=1S/C35H62O8/c1-5-7-9-10-11-12-13-14-15-16-17-18-19-20-21-25-33(37)40-27-32(43-35(39)24-8-6-2)28-41-34(38)26-22-23-30(3)31(4)42-29-36/h11-12,14-15,29-32,34,38H,5-10,13,16-28H2,1-4H3/b12-11-,15-14-. The van der Waals surface area contributed by atoms with E-state index < -0.39 is 12.4 Å². The molecule has 0 heterocycles. The Morgan fingerprint density at radius 3 is 2.02 bits per heavy atom. The van der Waals surface area contributed by atoms with Crippen LogP contribution in [0.1, 0.15) is 143 Å². The summed E-state index contributed by atoms with van der Waals surface area (Å²) in [5, 5.41) is 10.2. The molecule has 0 saturated heterocycles. The Kier molecular flexibility index (Phi) is 28.3. The van der Waals surface area contributed by atoms with Crippen LogP contribution in [-0.2, 0) is 33.3 Å². The number of aliphatic hydroxyl groups is 1. The predicted molar refractivity (Wildman–Crippen MR) is 171 cm³/mol. The van der Waals surface area contributed by atoms with Crippen LogP contribution < -0.4 is 0 Å². The van der Waals surface area contributed by atoms with Crippen LogP contribution in [0.15, 0.2) is 24.3 Å². The molecular formula is C35H62O8. The van der Waals surface area contributed by atoms with E-state index in [4.69, 9.17) is 18.9 Å². The summed E-state index contributed by atoms with van der Waals surface area (Å²) in [6, 6.07) is 0. The second kappa shape index (κ2) is 29.9. The maximum atomic E-state index is 12.3. The van der Waals surface area contributed by atoms with E-state index in [9.17, 15) is 19.5 Å². The van der Waals surface area contributed by atoms with Crippen molar-refractivity contribution in [1.29, 1.82) is 0 Å². The fourth-order valence-corrected chi connectivity index (χ4v) is 4.39. The van der Waals surface area contributed by atoms with Gasteiger partial charge >= 0.3 is 11.9 Å². The van der Waals surface area contributed by atoms with E-state index in [1.165, 1.54) is 25.7 Å². The molecule has 0 aliphatic carbocycles. The third kappa shape index (κ3) is 27.1. The Morgan fingerprint density at radius 1 is 0.721 bits per heavy atom. The highest BCUT2D eigenvalue weighted by Gasteiger charge is 2.20. The van der Waals surface area contributed by atoms with Gasteiger partial charge in [0.2, 0.25) is 0 Å². The molecule has 8 nitrogen and oxygen atoms in total. The molecule has 0 radical (unpaired) electrons. The minimum Gasteiger partial charge on any atom is -0.465 e. The number of hydrogen-bond donors (Lipinski definition) is 1. The number of aliphatic hydroxyl groups excluding tert-OH is 1. The summed E-state index contributed by atoms with van der Waals surface area (Å²) in [7, 11) is 0. The van der Waals surface area contributed by atoms with Gasteiger partial charge in [-0.05, 0) is 77.0 Å². The van der Waals surface area contributed by atoms with Gasteiger partial charge in [0, 0.05) is 12.8 Å². The van der Waals surface area contributed by atoms with Crippen LogP contribution in [0.5, 0.6) is 0 Å². The summed E-state index contributed by atoms with van der Waals surface area (Å²) >= 11 is 0. The van der Waals surface area contributed by atoms with E-state index >= 15 is 0 Å². The summed E-state index contributed by atoms with van der Waals surface area (Å²) in [5.74, 6) is -0.530. The molecule has 250 valence electrons. The van der Waals surface area contributed by atoms with Crippen LogP contribution in [0.3, 0.4) is 0 Å². The number of carbonyl (C=O) groups excluding carboxylic acids is 3. The van der Waals surface area contributed by atoms with Crippen LogP contribution in [-0.4, -0.2) is 55.2 Å². The maximum Gasteiger partial charge on any atom is 0.306 e. The van der Waals surface area contributed by atoms with Gasteiger partial charge < -0.3 is 24.1 Å². The largest absolute Gasteiger partial charge is 0.465 e. The highest BCUT2D eigenvalue weighted by Crippen LogP contribution is 2.16. The quantitative estimate of drug-likeness (QED) is 0.0217. The number of hydrogen-bond acceptors (Lipinski definition) is 8. The van der Waals surface area contributed by atoms with Crippen molar-refractivity contribution in [1.82, 2.24) is 0 Å². The lowest BCUT2D eigenvalue weighted by Crippen LogP contribution is -2.31. The van der Waals surface area contributed by atoms with E-state index in [1.54, 1.807) is 0 Å². The van der Waals surface area contributed by atoms with E-state index in [-0.39, 0.29) is 43.6 Å². The van der Waals surface area contributed by atoms with Crippen molar-refractivity contribution in [3.63, 3.8) is 0 Å². The summed E-state index contributed by atoms with van der Waals surface area (Å²) < 4.78 is 21.3. The van der Waals surface area contributed by atoms with Gasteiger partial charge in [0.15, 0.2) is 12.4 Å². The molecule has 8 heteroatoms. The molecule has 0 fully saturated rings. The molecule has 0 saturated carbocycles. The van der Waals surface area contributed by atoms with Crippen LogP contribution >= 0.6 is 0 Å². The van der Waals surface area contributed by atoms with Gasteiger partial charge in [0.05, 0.1) is 6.61 Å². The SMILES string of the molecule is CCCCC/C=C\C/C=C\CCCCCCCC(=O)OCC(COC(O)CCCC(C)C(C)OC=O)OC(=O)CCCC. The smallest absolute Gasteiger partial charge is 0.306 e. The van der Waals surface area contributed by atoms with Gasteiger partial charge in [-0.15, -0.1) is 0 Å². The molecule has 0 rings (SSSR count). The average Bonchev–Trinajstić information content (AvgIpc) is 2.99. The number of ether oxygens (including phenoxy) is 4. The zero-order valence-electron chi connectivity index (χ0n) is 27.6. The second-order valence-electron chi connectivity index (χ2n) is 11.5. The van der Waals surface area contributed by atoms with Crippen molar-refractivity contribution in [2.24, 2.45) is 5.92 Å². The summed E-state index contributed by atoms with van der Waals surface area (Å²) in [6.45, 7) is 8.33. The van der Waals surface area contributed by atoms with Crippen LogP contribution in [0.2, 0.25) is 0 Å². The number of rotatable bonds is 30. The highest BCUT2D eigenvalue weighted by atomic mass is 16.6. The molecular weight excluding hydrogens is 548 g/mol. The van der Waals surface area contributed by atoms with Crippen LogP contribution in [0.25, 0.3) is 0 Å². The summed E-state index contributed by atoms with van der Waals surface area (Å²) in [6.07, 6.45) is 23.3. The molecule has 0 aromatic rings. The van der Waals surface area contributed by atoms with Crippen molar-refractivity contribution in [2.75, 3.05) is 13.2 Å². The Morgan fingerprint density at radius 2 is 1.35 bits per heavy atom. The lowest BCUT2D eigenvalue weighted by Gasteiger charge is -2.21. The maximum absolute atomic E-state index is 12.3. The molecule has 0 aromatic carbocycles. The third-order valence-electron chi connectivity index (χ3n) is 7.45. The van der Waals surface area contributed by atoms with Gasteiger partial charge in [-0.3, -0.25) is 14.4 Å². The van der Waals surface area contributed by atoms with Crippen molar-refractivity contribution >= 4 is 18.4 Å². The lowest BCUT2D eigenvalue weighted by atomic mass is 9.99. The lowest BCUT2D eigenvalue weighted by molar-refractivity contribution is -0.173. The topological polar surface area (TPSA) is 108 Å². The first-order valence-electron chi connectivity index (χ1n) is 16.9. The molecule has 1 N–H and O–H groups in total. The predicted octanol–water partition coefficient (Wildman–Crippen LogP) is 8.15. The fourth-order valence-electron chi connectivity index (χ4n) is 4.39. The first-order chi connectivity index (χ1) is 20.8.